The zero-order valence-corrected chi connectivity index (χ0v) is 18.2. The Morgan fingerprint density at radius 2 is 1.73 bits per heavy atom. The molecule has 1 aromatic carbocycles. The molecule has 1 N–H and O–H groups in total. The average Bonchev–Trinajstić information content (AvgIpc) is 3.00. The number of halogens is 3. The highest BCUT2D eigenvalue weighted by Crippen LogP contribution is 2.37. The van der Waals surface area contributed by atoms with Gasteiger partial charge in [0.25, 0.3) is 5.91 Å². The van der Waals surface area contributed by atoms with Gasteiger partial charge in [-0.3, -0.25) is 19.3 Å². The molecule has 0 unspecified atom stereocenters. The van der Waals surface area contributed by atoms with E-state index in [4.69, 9.17) is 4.74 Å². The lowest BCUT2D eigenvalue weighted by molar-refractivity contribution is -0.160. The first-order valence-electron chi connectivity index (χ1n) is 10.6. The van der Waals surface area contributed by atoms with Crippen LogP contribution in [-0.2, 0) is 30.1 Å². The Labute approximate surface area is 189 Å². The summed E-state index contributed by atoms with van der Waals surface area (Å²) in [6.07, 6.45) is 0.119. The SMILES string of the molecule is CC(C)C[C@H](C(=O)OCC(=O)Nc1cccc(C(F)(F)F)c1)N1C(=O)[C@@H]2CC=CC[C@H]2C1=O. The fourth-order valence-corrected chi connectivity index (χ4v) is 4.09. The lowest BCUT2D eigenvalue weighted by Crippen LogP contribution is -2.47. The molecule has 0 spiro atoms. The third-order valence-electron chi connectivity index (χ3n) is 5.64. The van der Waals surface area contributed by atoms with E-state index in [1.54, 1.807) is 0 Å². The van der Waals surface area contributed by atoms with Crippen molar-refractivity contribution in [2.45, 2.75) is 45.3 Å². The molecule has 0 aromatic heterocycles. The minimum absolute atomic E-state index is 0.0529. The van der Waals surface area contributed by atoms with Crippen LogP contribution < -0.4 is 5.32 Å². The van der Waals surface area contributed by atoms with Crippen LogP contribution >= 0.6 is 0 Å². The number of alkyl halides is 3. The molecule has 2 aliphatic rings. The summed E-state index contributed by atoms with van der Waals surface area (Å²) in [5, 5.41) is 2.25. The Morgan fingerprint density at radius 1 is 1.12 bits per heavy atom. The summed E-state index contributed by atoms with van der Waals surface area (Å²) in [5.41, 5.74) is -1.04. The van der Waals surface area contributed by atoms with E-state index >= 15 is 0 Å². The van der Waals surface area contributed by atoms with Crippen LogP contribution in [0, 0.1) is 17.8 Å². The van der Waals surface area contributed by atoms with E-state index in [2.05, 4.69) is 5.32 Å². The molecule has 1 saturated heterocycles. The van der Waals surface area contributed by atoms with E-state index in [9.17, 15) is 32.3 Å². The first-order chi connectivity index (χ1) is 15.5. The summed E-state index contributed by atoms with van der Waals surface area (Å²) >= 11 is 0. The highest BCUT2D eigenvalue weighted by Gasteiger charge is 2.51. The highest BCUT2D eigenvalue weighted by molar-refractivity contribution is 6.08. The second kappa shape index (κ2) is 9.76. The van der Waals surface area contributed by atoms with Gasteiger partial charge in [-0.25, -0.2) is 4.79 Å². The molecule has 0 radical (unpaired) electrons. The van der Waals surface area contributed by atoms with Gasteiger partial charge in [-0.2, -0.15) is 13.2 Å². The number of anilines is 1. The number of likely N-dealkylation sites (tertiary alicyclic amines) is 1. The molecule has 1 aliphatic heterocycles. The number of nitrogens with zero attached hydrogens (tertiary/aromatic N) is 1. The number of allylic oxidation sites excluding steroid dienone is 2. The maximum atomic E-state index is 12.9. The summed E-state index contributed by atoms with van der Waals surface area (Å²) in [5.74, 6) is -3.67. The second-order valence-electron chi connectivity index (χ2n) is 8.58. The van der Waals surface area contributed by atoms with Crippen molar-refractivity contribution in [1.82, 2.24) is 4.90 Å². The van der Waals surface area contributed by atoms with Gasteiger partial charge in [-0.05, 0) is 43.4 Å². The van der Waals surface area contributed by atoms with E-state index in [0.717, 1.165) is 23.1 Å². The third kappa shape index (κ3) is 5.61. The number of nitrogens with one attached hydrogen (secondary N) is 1. The number of hydrogen-bond donors (Lipinski definition) is 1. The van der Waals surface area contributed by atoms with Crippen LogP contribution in [0.4, 0.5) is 18.9 Å². The molecule has 178 valence electrons. The molecule has 33 heavy (non-hydrogen) atoms. The molecule has 1 aliphatic carbocycles. The topological polar surface area (TPSA) is 92.8 Å². The van der Waals surface area contributed by atoms with Crippen molar-refractivity contribution in [3.05, 3.63) is 42.0 Å². The maximum absolute atomic E-state index is 12.9. The molecule has 0 saturated carbocycles. The van der Waals surface area contributed by atoms with E-state index in [0.29, 0.717) is 12.8 Å². The molecular formula is C23H25F3N2O5. The van der Waals surface area contributed by atoms with Crippen molar-refractivity contribution >= 4 is 29.4 Å². The van der Waals surface area contributed by atoms with Gasteiger partial charge in [-0.15, -0.1) is 0 Å². The molecule has 0 bridgehead atoms. The van der Waals surface area contributed by atoms with Crippen molar-refractivity contribution in [1.29, 1.82) is 0 Å². The molecule has 3 rings (SSSR count). The Bertz CT molecular complexity index is 947. The highest BCUT2D eigenvalue weighted by atomic mass is 19.4. The van der Waals surface area contributed by atoms with Crippen molar-refractivity contribution in [2.75, 3.05) is 11.9 Å². The number of ether oxygens (including phenoxy) is 1. The van der Waals surface area contributed by atoms with Crippen molar-refractivity contribution < 1.29 is 37.1 Å². The van der Waals surface area contributed by atoms with Crippen LogP contribution in [0.2, 0.25) is 0 Å². The third-order valence-corrected chi connectivity index (χ3v) is 5.64. The lowest BCUT2D eigenvalue weighted by atomic mass is 9.85. The number of hydrogen-bond acceptors (Lipinski definition) is 5. The minimum Gasteiger partial charge on any atom is -0.454 e. The molecule has 1 heterocycles. The molecule has 1 fully saturated rings. The van der Waals surface area contributed by atoms with Crippen molar-refractivity contribution in [3.8, 4) is 0 Å². The van der Waals surface area contributed by atoms with Gasteiger partial charge in [0, 0.05) is 5.69 Å². The Balaban J connectivity index is 1.66. The molecule has 1 aromatic rings. The van der Waals surface area contributed by atoms with Gasteiger partial charge in [0.1, 0.15) is 6.04 Å². The number of amides is 3. The van der Waals surface area contributed by atoms with Crippen LogP contribution in [0.1, 0.15) is 38.7 Å². The summed E-state index contributed by atoms with van der Waals surface area (Å²) in [7, 11) is 0. The van der Waals surface area contributed by atoms with Crippen molar-refractivity contribution in [2.24, 2.45) is 17.8 Å². The predicted molar refractivity (Wildman–Crippen MR) is 111 cm³/mol. The summed E-state index contributed by atoms with van der Waals surface area (Å²) in [4.78, 5) is 51.6. The average molecular weight is 466 g/mol. The van der Waals surface area contributed by atoms with E-state index in [-0.39, 0.29) is 18.0 Å². The standard InChI is InChI=1S/C23H25F3N2O5/c1-13(2)10-18(28-20(30)16-8-3-4-9-17(16)21(28)31)22(32)33-12-19(29)27-15-7-5-6-14(11-15)23(24,25)26/h3-7,11,13,16-18H,8-10,12H2,1-2H3,(H,27,29)/t16-,17-,18-/m1/s1. The van der Waals surface area contributed by atoms with Crippen molar-refractivity contribution in [3.63, 3.8) is 0 Å². The quantitative estimate of drug-likeness (QED) is 0.377. The smallest absolute Gasteiger partial charge is 0.416 e. The van der Waals surface area contributed by atoms with E-state index in [1.165, 1.54) is 6.07 Å². The van der Waals surface area contributed by atoms with E-state index in [1.807, 2.05) is 26.0 Å². The molecular weight excluding hydrogens is 441 g/mol. The summed E-state index contributed by atoms with van der Waals surface area (Å²) in [6.45, 7) is 2.87. The monoisotopic (exact) mass is 466 g/mol. The van der Waals surface area contributed by atoms with Gasteiger partial charge in [0.2, 0.25) is 11.8 Å². The molecule has 7 nitrogen and oxygen atoms in total. The summed E-state index contributed by atoms with van der Waals surface area (Å²) < 4.78 is 43.5. The Hall–Kier alpha value is -3.17. The molecule has 10 heteroatoms. The number of imide groups is 1. The van der Waals surface area contributed by atoms with Crippen LogP contribution in [0.5, 0.6) is 0 Å². The summed E-state index contributed by atoms with van der Waals surface area (Å²) in [6, 6.07) is 2.87. The Kier molecular flexibility index (Phi) is 7.24. The fraction of sp³-hybridized carbons (Fsp3) is 0.478. The number of carbonyl (C=O) groups is 4. The first-order valence-corrected chi connectivity index (χ1v) is 10.6. The van der Waals surface area contributed by atoms with Gasteiger partial charge < -0.3 is 10.1 Å². The predicted octanol–water partition coefficient (Wildman–Crippen LogP) is 3.55. The van der Waals surface area contributed by atoms with Crippen LogP contribution in [0.25, 0.3) is 0 Å². The second-order valence-corrected chi connectivity index (χ2v) is 8.58. The van der Waals surface area contributed by atoms with Gasteiger partial charge >= 0.3 is 12.1 Å². The number of esters is 1. The normalized spacial score (nSPS) is 21.2. The largest absolute Gasteiger partial charge is 0.454 e. The Morgan fingerprint density at radius 3 is 2.27 bits per heavy atom. The zero-order valence-electron chi connectivity index (χ0n) is 18.2. The number of fused-ring (bicyclic) bond motifs is 1. The number of benzene rings is 1. The fourth-order valence-electron chi connectivity index (χ4n) is 4.09. The van der Waals surface area contributed by atoms with Crippen LogP contribution in [-0.4, -0.2) is 41.2 Å². The number of rotatable bonds is 7. The zero-order chi connectivity index (χ0) is 24.3. The van der Waals surface area contributed by atoms with Gasteiger partial charge in [-0.1, -0.05) is 32.1 Å². The van der Waals surface area contributed by atoms with Crippen LogP contribution in [0.15, 0.2) is 36.4 Å². The minimum atomic E-state index is -4.57. The van der Waals surface area contributed by atoms with Gasteiger partial charge in [0.05, 0.1) is 17.4 Å². The van der Waals surface area contributed by atoms with Gasteiger partial charge in [0.15, 0.2) is 6.61 Å². The molecule has 3 atom stereocenters. The van der Waals surface area contributed by atoms with Crippen LogP contribution in [0.3, 0.4) is 0 Å². The van der Waals surface area contributed by atoms with E-state index < -0.39 is 59.9 Å². The molecule has 3 amide bonds. The lowest BCUT2D eigenvalue weighted by Gasteiger charge is -2.26. The maximum Gasteiger partial charge on any atom is 0.416 e. The first kappa shape index (κ1) is 24.5. The number of carbonyl (C=O) groups excluding carboxylic acids is 4.